The van der Waals surface area contributed by atoms with Crippen molar-refractivity contribution >= 4 is 11.8 Å². The van der Waals surface area contributed by atoms with Crippen molar-refractivity contribution < 1.29 is 23.8 Å². The van der Waals surface area contributed by atoms with Gasteiger partial charge in [-0.25, -0.2) is 0 Å². The first-order chi connectivity index (χ1) is 16.0. The molecule has 0 unspecified atom stereocenters. The molecule has 2 aromatic carbocycles. The fraction of sp³-hybridized carbons (Fsp3) is 0.462. The zero-order valence-electron chi connectivity index (χ0n) is 19.8. The van der Waals surface area contributed by atoms with Gasteiger partial charge in [0.15, 0.2) is 11.5 Å². The van der Waals surface area contributed by atoms with Crippen LogP contribution in [0.4, 0.5) is 0 Å². The zero-order valence-corrected chi connectivity index (χ0v) is 19.8. The van der Waals surface area contributed by atoms with Crippen molar-refractivity contribution in [2.75, 3.05) is 26.9 Å². The third kappa shape index (κ3) is 6.63. The third-order valence-corrected chi connectivity index (χ3v) is 5.66. The second-order valence-electron chi connectivity index (χ2n) is 8.07. The Labute approximate surface area is 196 Å². The van der Waals surface area contributed by atoms with Crippen molar-refractivity contribution in [3.63, 3.8) is 0 Å². The number of methoxy groups -OCH3 is 1. The molecule has 1 heterocycles. The van der Waals surface area contributed by atoms with Crippen LogP contribution in [-0.2, 0) is 22.6 Å². The molecule has 0 radical (unpaired) electrons. The second kappa shape index (κ2) is 12.1. The van der Waals surface area contributed by atoms with E-state index in [9.17, 15) is 9.59 Å². The number of carbonyl (C=O) groups is 2. The van der Waals surface area contributed by atoms with Crippen LogP contribution in [0.15, 0.2) is 42.5 Å². The van der Waals surface area contributed by atoms with Gasteiger partial charge in [-0.15, -0.1) is 0 Å². The van der Waals surface area contributed by atoms with Crippen LogP contribution in [0.5, 0.6) is 17.2 Å². The number of nitrogens with one attached hydrogen (secondary N) is 1. The molecule has 2 amide bonds. The van der Waals surface area contributed by atoms with E-state index in [4.69, 9.17) is 14.2 Å². The Kier molecular flexibility index (Phi) is 8.98. The number of fused-ring (bicyclic) bond motifs is 1. The molecule has 178 valence electrons. The second-order valence-corrected chi connectivity index (χ2v) is 8.07. The van der Waals surface area contributed by atoms with E-state index in [1.54, 1.807) is 12.0 Å². The number of hydrogen-bond donors (Lipinski definition) is 1. The van der Waals surface area contributed by atoms with Gasteiger partial charge >= 0.3 is 0 Å². The van der Waals surface area contributed by atoms with Gasteiger partial charge in [-0.2, -0.15) is 0 Å². The minimum absolute atomic E-state index is 0.0637. The lowest BCUT2D eigenvalue weighted by Gasteiger charge is -2.31. The first-order valence-corrected chi connectivity index (χ1v) is 11.6. The first-order valence-electron chi connectivity index (χ1n) is 11.6. The molecule has 7 heteroatoms. The number of hydrogen-bond acceptors (Lipinski definition) is 5. The van der Waals surface area contributed by atoms with E-state index in [1.807, 2.05) is 56.3 Å². The van der Waals surface area contributed by atoms with Crippen LogP contribution in [0.3, 0.4) is 0 Å². The quantitative estimate of drug-likeness (QED) is 0.560. The molecule has 7 nitrogen and oxygen atoms in total. The Morgan fingerprint density at radius 3 is 2.58 bits per heavy atom. The maximum atomic E-state index is 13.4. The molecule has 1 aliphatic heterocycles. The number of carbonyl (C=O) groups excluding carboxylic acids is 2. The van der Waals surface area contributed by atoms with Crippen LogP contribution in [0.25, 0.3) is 0 Å². The molecule has 0 aromatic heterocycles. The monoisotopic (exact) mass is 454 g/mol. The number of rotatable bonds is 11. The van der Waals surface area contributed by atoms with Gasteiger partial charge in [0, 0.05) is 19.5 Å². The average molecular weight is 455 g/mol. The number of ether oxygens (including phenoxy) is 3. The average Bonchev–Trinajstić information content (AvgIpc) is 2.85. The molecule has 0 aliphatic carbocycles. The van der Waals surface area contributed by atoms with Gasteiger partial charge in [-0.05, 0) is 54.7 Å². The summed E-state index contributed by atoms with van der Waals surface area (Å²) in [6, 6.07) is 12.8. The summed E-state index contributed by atoms with van der Waals surface area (Å²) in [6.07, 6.45) is 2.23. The lowest BCUT2D eigenvalue weighted by Crippen LogP contribution is -2.49. The number of nitrogens with zero attached hydrogens (tertiary/aromatic N) is 1. The maximum absolute atomic E-state index is 13.4. The molecular weight excluding hydrogens is 420 g/mol. The van der Waals surface area contributed by atoms with E-state index in [1.165, 1.54) is 0 Å². The highest BCUT2D eigenvalue weighted by Crippen LogP contribution is 2.31. The van der Waals surface area contributed by atoms with Crippen LogP contribution in [0.2, 0.25) is 0 Å². The highest BCUT2D eigenvalue weighted by molar-refractivity contribution is 5.87. The minimum Gasteiger partial charge on any atom is -0.497 e. The molecule has 0 saturated carbocycles. The first kappa shape index (κ1) is 24.4. The Balaban J connectivity index is 1.76. The number of amides is 2. The van der Waals surface area contributed by atoms with E-state index in [-0.39, 0.29) is 11.8 Å². The molecule has 0 fully saturated rings. The highest BCUT2D eigenvalue weighted by atomic mass is 16.6. The minimum atomic E-state index is -0.532. The summed E-state index contributed by atoms with van der Waals surface area (Å²) in [6.45, 7) is 5.94. The highest BCUT2D eigenvalue weighted by Gasteiger charge is 2.28. The molecule has 1 N–H and O–H groups in total. The SMILES string of the molecule is CCCNC(=O)[C@H](CC)N(Cc1cccc(OC)c1)C(=O)CCc1ccc2c(c1)OCCO2. The summed E-state index contributed by atoms with van der Waals surface area (Å²) in [7, 11) is 1.61. The normalized spacial score (nSPS) is 13.2. The Hall–Kier alpha value is -3.22. The summed E-state index contributed by atoms with van der Waals surface area (Å²) in [5.41, 5.74) is 1.92. The standard InChI is InChI=1S/C26H34N2O5/c1-4-13-27-26(30)22(5-2)28(18-20-7-6-8-21(16-20)31-3)25(29)12-10-19-9-11-23-24(17-19)33-15-14-32-23/h6-9,11,16-17,22H,4-5,10,12-15,18H2,1-3H3,(H,27,30)/t22-/m0/s1. The van der Waals surface area contributed by atoms with E-state index in [0.717, 1.165) is 29.0 Å². The van der Waals surface area contributed by atoms with E-state index >= 15 is 0 Å². The molecular formula is C26H34N2O5. The zero-order chi connectivity index (χ0) is 23.6. The smallest absolute Gasteiger partial charge is 0.242 e. The van der Waals surface area contributed by atoms with Crippen LogP contribution in [-0.4, -0.2) is 49.6 Å². The van der Waals surface area contributed by atoms with Gasteiger partial charge in [0.2, 0.25) is 11.8 Å². The summed E-state index contributed by atoms with van der Waals surface area (Å²) in [4.78, 5) is 28.0. The van der Waals surface area contributed by atoms with Crippen molar-refractivity contribution in [1.29, 1.82) is 0 Å². The van der Waals surface area contributed by atoms with Crippen LogP contribution in [0.1, 0.15) is 44.2 Å². The molecule has 2 aromatic rings. The Morgan fingerprint density at radius 1 is 1.06 bits per heavy atom. The lowest BCUT2D eigenvalue weighted by atomic mass is 10.1. The lowest BCUT2D eigenvalue weighted by molar-refractivity contribution is -0.141. The van der Waals surface area contributed by atoms with E-state index < -0.39 is 6.04 Å². The number of aryl methyl sites for hydroxylation is 1. The molecule has 0 saturated heterocycles. The fourth-order valence-corrected chi connectivity index (χ4v) is 3.89. The molecule has 33 heavy (non-hydrogen) atoms. The van der Waals surface area contributed by atoms with Gasteiger partial charge in [-0.1, -0.05) is 32.0 Å². The van der Waals surface area contributed by atoms with E-state index in [0.29, 0.717) is 51.3 Å². The molecule has 0 spiro atoms. The summed E-state index contributed by atoms with van der Waals surface area (Å²) in [5, 5.41) is 2.95. The Bertz CT molecular complexity index is 946. The summed E-state index contributed by atoms with van der Waals surface area (Å²) in [5.74, 6) is 1.99. The van der Waals surface area contributed by atoms with E-state index in [2.05, 4.69) is 5.32 Å². The van der Waals surface area contributed by atoms with Gasteiger partial charge < -0.3 is 24.4 Å². The molecule has 1 aliphatic rings. The third-order valence-electron chi connectivity index (χ3n) is 5.66. The predicted molar refractivity (Wildman–Crippen MR) is 127 cm³/mol. The Morgan fingerprint density at radius 2 is 1.85 bits per heavy atom. The van der Waals surface area contributed by atoms with Crippen molar-refractivity contribution in [3.8, 4) is 17.2 Å². The molecule has 0 bridgehead atoms. The van der Waals surface area contributed by atoms with Crippen LogP contribution >= 0.6 is 0 Å². The summed E-state index contributed by atoms with van der Waals surface area (Å²) >= 11 is 0. The fourth-order valence-electron chi connectivity index (χ4n) is 3.89. The maximum Gasteiger partial charge on any atom is 0.242 e. The van der Waals surface area contributed by atoms with Crippen molar-refractivity contribution in [2.45, 2.75) is 52.1 Å². The number of benzene rings is 2. The van der Waals surface area contributed by atoms with Gasteiger partial charge in [-0.3, -0.25) is 9.59 Å². The molecule has 1 atom stereocenters. The van der Waals surface area contributed by atoms with Crippen molar-refractivity contribution in [1.82, 2.24) is 10.2 Å². The largest absolute Gasteiger partial charge is 0.497 e. The topological polar surface area (TPSA) is 77.1 Å². The predicted octanol–water partition coefficient (Wildman–Crippen LogP) is 3.73. The van der Waals surface area contributed by atoms with Gasteiger partial charge in [0.1, 0.15) is 25.0 Å². The van der Waals surface area contributed by atoms with Crippen molar-refractivity contribution in [3.05, 3.63) is 53.6 Å². The van der Waals surface area contributed by atoms with Gasteiger partial charge in [0.05, 0.1) is 7.11 Å². The summed E-state index contributed by atoms with van der Waals surface area (Å²) < 4.78 is 16.6. The van der Waals surface area contributed by atoms with Crippen LogP contribution in [0, 0.1) is 0 Å². The van der Waals surface area contributed by atoms with Crippen LogP contribution < -0.4 is 19.5 Å². The van der Waals surface area contributed by atoms with Gasteiger partial charge in [0.25, 0.3) is 0 Å². The molecule has 3 rings (SSSR count). The van der Waals surface area contributed by atoms with Crippen molar-refractivity contribution in [2.24, 2.45) is 0 Å².